The van der Waals surface area contributed by atoms with Gasteiger partial charge in [-0.25, -0.2) is 4.79 Å². The molecule has 1 aromatic carbocycles. The third-order valence-corrected chi connectivity index (χ3v) is 5.78. The van der Waals surface area contributed by atoms with E-state index in [1.807, 2.05) is 6.92 Å². The number of carbonyl (C=O) groups excluding carboxylic acids is 2. The summed E-state index contributed by atoms with van der Waals surface area (Å²) in [5, 5.41) is 0. The van der Waals surface area contributed by atoms with Gasteiger partial charge in [0.15, 0.2) is 6.61 Å². The molecule has 0 fully saturated rings. The van der Waals surface area contributed by atoms with E-state index in [4.69, 9.17) is 9.47 Å². The Morgan fingerprint density at radius 2 is 1.51 bits per heavy atom. The fraction of sp³-hybridized carbons (Fsp3) is 0.630. The van der Waals surface area contributed by atoms with Crippen LogP contribution in [0, 0.1) is 17.3 Å². The van der Waals surface area contributed by atoms with Crippen molar-refractivity contribution in [1.29, 1.82) is 0 Å². The molecular formula is C27H39F3O5. The standard InChI is InChI=1S/C27H39F3O5/c1-20(2)18-26(5,21(3)4)25(32)34-17-9-7-6-8-16-33-23-13-10-22(11-14-23)12-15-24(31)35-19-27(28,29)30/h10-15,20-21H,6-9,16-19H2,1-5H3/b15-12+. The summed E-state index contributed by atoms with van der Waals surface area (Å²) in [7, 11) is 0. The van der Waals surface area contributed by atoms with Crippen molar-refractivity contribution in [3.8, 4) is 5.75 Å². The molecule has 1 atom stereocenters. The van der Waals surface area contributed by atoms with Crippen LogP contribution in [-0.2, 0) is 19.1 Å². The highest BCUT2D eigenvalue weighted by molar-refractivity contribution is 5.87. The molecule has 0 saturated heterocycles. The van der Waals surface area contributed by atoms with Crippen LogP contribution < -0.4 is 4.74 Å². The van der Waals surface area contributed by atoms with Crippen molar-refractivity contribution >= 4 is 18.0 Å². The molecule has 1 unspecified atom stereocenters. The first-order chi connectivity index (χ1) is 16.3. The molecule has 0 spiro atoms. The number of ether oxygens (including phenoxy) is 3. The minimum absolute atomic E-state index is 0.110. The molecule has 1 aromatic rings. The number of unbranched alkanes of at least 4 members (excludes halogenated alkanes) is 3. The molecule has 1 rings (SSSR count). The zero-order valence-corrected chi connectivity index (χ0v) is 21.5. The van der Waals surface area contributed by atoms with Crippen molar-refractivity contribution in [1.82, 2.24) is 0 Å². The molecule has 0 aliphatic heterocycles. The van der Waals surface area contributed by atoms with Gasteiger partial charge in [0, 0.05) is 6.08 Å². The number of esters is 2. The van der Waals surface area contributed by atoms with Crippen LogP contribution in [-0.4, -0.2) is 37.9 Å². The van der Waals surface area contributed by atoms with Crippen LogP contribution in [0.5, 0.6) is 5.75 Å². The summed E-state index contributed by atoms with van der Waals surface area (Å²) in [5.41, 5.74) is 0.182. The average molecular weight is 501 g/mol. The SMILES string of the molecule is CC(C)CC(C)(C(=O)OCCCCCCOc1ccc(/C=C/C(=O)OCC(F)(F)F)cc1)C(C)C. The van der Waals surface area contributed by atoms with E-state index >= 15 is 0 Å². The van der Waals surface area contributed by atoms with Gasteiger partial charge in [0.2, 0.25) is 0 Å². The van der Waals surface area contributed by atoms with E-state index in [0.717, 1.165) is 38.2 Å². The van der Waals surface area contributed by atoms with Crippen LogP contribution in [0.15, 0.2) is 30.3 Å². The van der Waals surface area contributed by atoms with Gasteiger partial charge < -0.3 is 14.2 Å². The monoisotopic (exact) mass is 500 g/mol. The van der Waals surface area contributed by atoms with E-state index < -0.39 is 24.2 Å². The van der Waals surface area contributed by atoms with E-state index in [1.54, 1.807) is 24.3 Å². The Kier molecular flexibility index (Phi) is 12.9. The van der Waals surface area contributed by atoms with Gasteiger partial charge in [0.05, 0.1) is 18.6 Å². The molecule has 35 heavy (non-hydrogen) atoms. The van der Waals surface area contributed by atoms with Gasteiger partial charge in [-0.05, 0) is 74.6 Å². The smallest absolute Gasteiger partial charge is 0.422 e. The van der Waals surface area contributed by atoms with E-state index in [-0.39, 0.29) is 11.9 Å². The van der Waals surface area contributed by atoms with Crippen molar-refractivity contribution in [2.75, 3.05) is 19.8 Å². The third kappa shape index (κ3) is 12.7. The highest BCUT2D eigenvalue weighted by atomic mass is 19.4. The molecule has 0 radical (unpaired) electrons. The summed E-state index contributed by atoms with van der Waals surface area (Å²) in [4.78, 5) is 23.9. The Balaban J connectivity index is 2.23. The number of hydrogen-bond donors (Lipinski definition) is 0. The van der Waals surface area contributed by atoms with Gasteiger partial charge in [-0.3, -0.25) is 4.79 Å². The normalized spacial score (nSPS) is 13.8. The Hall–Kier alpha value is -2.51. The maximum absolute atomic E-state index is 12.6. The quantitative estimate of drug-likeness (QED) is 0.147. The summed E-state index contributed by atoms with van der Waals surface area (Å²) in [6.45, 7) is 9.71. The third-order valence-electron chi connectivity index (χ3n) is 5.78. The number of rotatable bonds is 15. The number of alkyl halides is 3. The fourth-order valence-corrected chi connectivity index (χ4v) is 3.52. The van der Waals surface area contributed by atoms with E-state index in [1.165, 1.54) is 6.08 Å². The first-order valence-electron chi connectivity index (χ1n) is 12.1. The Bertz CT molecular complexity index is 800. The molecule has 0 saturated carbocycles. The largest absolute Gasteiger partial charge is 0.494 e. The molecule has 5 nitrogen and oxygen atoms in total. The molecule has 0 heterocycles. The summed E-state index contributed by atoms with van der Waals surface area (Å²) in [5.74, 6) is 0.147. The summed E-state index contributed by atoms with van der Waals surface area (Å²) in [6.07, 6.45) is 2.16. The van der Waals surface area contributed by atoms with Crippen LogP contribution in [0.4, 0.5) is 13.2 Å². The van der Waals surface area contributed by atoms with Crippen LogP contribution in [0.3, 0.4) is 0 Å². The lowest BCUT2D eigenvalue weighted by molar-refractivity contribution is -0.182. The van der Waals surface area contributed by atoms with Gasteiger partial charge in [0.1, 0.15) is 5.75 Å². The summed E-state index contributed by atoms with van der Waals surface area (Å²) in [6, 6.07) is 6.84. The molecule has 0 bridgehead atoms. The van der Waals surface area contributed by atoms with Crippen LogP contribution in [0.2, 0.25) is 0 Å². The van der Waals surface area contributed by atoms with E-state index in [2.05, 4.69) is 32.4 Å². The molecule has 0 N–H and O–H groups in total. The number of benzene rings is 1. The second-order valence-corrected chi connectivity index (χ2v) is 9.69. The first kappa shape index (κ1) is 30.5. The molecule has 0 aromatic heterocycles. The zero-order chi connectivity index (χ0) is 26.5. The molecule has 0 amide bonds. The second-order valence-electron chi connectivity index (χ2n) is 9.69. The Morgan fingerprint density at radius 1 is 0.914 bits per heavy atom. The van der Waals surface area contributed by atoms with Crippen LogP contribution >= 0.6 is 0 Å². The van der Waals surface area contributed by atoms with Gasteiger partial charge in [-0.1, -0.05) is 39.8 Å². The molecule has 8 heteroatoms. The lowest BCUT2D eigenvalue weighted by Crippen LogP contribution is -2.36. The van der Waals surface area contributed by atoms with E-state index in [9.17, 15) is 22.8 Å². The summed E-state index contributed by atoms with van der Waals surface area (Å²) >= 11 is 0. The number of hydrogen-bond acceptors (Lipinski definition) is 5. The van der Waals surface area contributed by atoms with Gasteiger partial charge in [0.25, 0.3) is 0 Å². The minimum Gasteiger partial charge on any atom is -0.494 e. The van der Waals surface area contributed by atoms with Crippen molar-refractivity contribution in [2.45, 2.75) is 72.9 Å². The van der Waals surface area contributed by atoms with Crippen molar-refractivity contribution < 1.29 is 37.0 Å². The average Bonchev–Trinajstić information content (AvgIpc) is 2.77. The van der Waals surface area contributed by atoms with Crippen molar-refractivity contribution in [3.63, 3.8) is 0 Å². The Labute approximate surface area is 207 Å². The molecule has 0 aliphatic carbocycles. The maximum Gasteiger partial charge on any atom is 0.422 e. The van der Waals surface area contributed by atoms with Gasteiger partial charge in [-0.15, -0.1) is 0 Å². The minimum atomic E-state index is -4.54. The zero-order valence-electron chi connectivity index (χ0n) is 21.5. The topological polar surface area (TPSA) is 61.8 Å². The lowest BCUT2D eigenvalue weighted by Gasteiger charge is -2.32. The van der Waals surface area contributed by atoms with Crippen LogP contribution in [0.1, 0.15) is 72.3 Å². The maximum atomic E-state index is 12.6. The molecular weight excluding hydrogens is 461 g/mol. The fourth-order valence-electron chi connectivity index (χ4n) is 3.52. The number of carbonyl (C=O) groups is 2. The van der Waals surface area contributed by atoms with Crippen LogP contribution in [0.25, 0.3) is 6.08 Å². The predicted molar refractivity (Wildman–Crippen MR) is 130 cm³/mol. The Morgan fingerprint density at radius 3 is 2.06 bits per heavy atom. The predicted octanol–water partition coefficient (Wildman–Crippen LogP) is 7.00. The van der Waals surface area contributed by atoms with E-state index in [0.29, 0.717) is 30.4 Å². The van der Waals surface area contributed by atoms with Gasteiger partial charge >= 0.3 is 18.1 Å². The summed E-state index contributed by atoms with van der Waals surface area (Å²) < 4.78 is 51.4. The lowest BCUT2D eigenvalue weighted by atomic mass is 9.73. The number of halogens is 3. The van der Waals surface area contributed by atoms with Crippen molar-refractivity contribution in [3.05, 3.63) is 35.9 Å². The second kappa shape index (κ2) is 14.8. The first-order valence-corrected chi connectivity index (χ1v) is 12.1. The highest BCUT2D eigenvalue weighted by Crippen LogP contribution is 2.35. The molecule has 0 aliphatic rings. The highest BCUT2D eigenvalue weighted by Gasteiger charge is 2.38. The molecule has 198 valence electrons. The van der Waals surface area contributed by atoms with Gasteiger partial charge in [-0.2, -0.15) is 13.2 Å². The van der Waals surface area contributed by atoms with Crippen molar-refractivity contribution in [2.24, 2.45) is 17.3 Å².